The summed E-state index contributed by atoms with van der Waals surface area (Å²) >= 11 is 0. The standard InChI is InChI=1S/C11H17N3/c1-7(2)9-6-13-10-8(3)4-5-12-11(10)14-9/h4-5,7,9,13H,6H2,1-3H3,(H,12,14). The number of nitrogens with one attached hydrogen (secondary N) is 2. The van der Waals surface area contributed by atoms with Crippen molar-refractivity contribution in [2.45, 2.75) is 26.8 Å². The van der Waals surface area contributed by atoms with Gasteiger partial charge in [-0.1, -0.05) is 13.8 Å². The van der Waals surface area contributed by atoms with Crippen LogP contribution in [0, 0.1) is 12.8 Å². The summed E-state index contributed by atoms with van der Waals surface area (Å²) in [5, 5.41) is 6.90. The molecule has 1 atom stereocenters. The van der Waals surface area contributed by atoms with Crippen LogP contribution in [0.15, 0.2) is 12.3 Å². The van der Waals surface area contributed by atoms with Gasteiger partial charge in [-0.25, -0.2) is 4.98 Å². The molecule has 0 saturated carbocycles. The number of anilines is 2. The average Bonchev–Trinajstić information content (AvgIpc) is 2.17. The molecule has 3 heteroatoms. The molecule has 1 aliphatic rings. The number of aromatic nitrogens is 1. The second kappa shape index (κ2) is 3.48. The van der Waals surface area contributed by atoms with Crippen molar-refractivity contribution >= 4 is 11.5 Å². The highest BCUT2D eigenvalue weighted by molar-refractivity contribution is 5.70. The highest BCUT2D eigenvalue weighted by Crippen LogP contribution is 2.28. The molecule has 76 valence electrons. The summed E-state index contributed by atoms with van der Waals surface area (Å²) < 4.78 is 0. The van der Waals surface area contributed by atoms with E-state index in [1.807, 2.05) is 12.3 Å². The SMILES string of the molecule is Cc1ccnc2c1NCC(C(C)C)N2. The van der Waals surface area contributed by atoms with Gasteiger partial charge in [-0.2, -0.15) is 0 Å². The number of hydrogen-bond donors (Lipinski definition) is 2. The van der Waals surface area contributed by atoms with E-state index in [1.54, 1.807) is 0 Å². The minimum Gasteiger partial charge on any atom is -0.380 e. The first kappa shape index (κ1) is 9.31. The van der Waals surface area contributed by atoms with Gasteiger partial charge >= 0.3 is 0 Å². The van der Waals surface area contributed by atoms with Crippen molar-refractivity contribution < 1.29 is 0 Å². The van der Waals surface area contributed by atoms with Crippen LogP contribution in [0.5, 0.6) is 0 Å². The second-order valence-electron chi connectivity index (χ2n) is 4.23. The number of hydrogen-bond acceptors (Lipinski definition) is 3. The normalized spacial score (nSPS) is 19.9. The molecule has 0 spiro atoms. The van der Waals surface area contributed by atoms with E-state index in [1.165, 1.54) is 5.56 Å². The first-order chi connectivity index (χ1) is 6.68. The van der Waals surface area contributed by atoms with Crippen LogP contribution in [0.3, 0.4) is 0 Å². The van der Waals surface area contributed by atoms with E-state index in [-0.39, 0.29) is 0 Å². The van der Waals surface area contributed by atoms with Gasteiger partial charge in [0.15, 0.2) is 0 Å². The highest BCUT2D eigenvalue weighted by atomic mass is 15.1. The number of nitrogens with zero attached hydrogens (tertiary/aromatic N) is 1. The van der Waals surface area contributed by atoms with E-state index in [0.717, 1.165) is 18.1 Å². The van der Waals surface area contributed by atoms with Crippen LogP contribution in [0.25, 0.3) is 0 Å². The fraction of sp³-hybridized carbons (Fsp3) is 0.545. The molecule has 14 heavy (non-hydrogen) atoms. The van der Waals surface area contributed by atoms with Crippen LogP contribution in [0.4, 0.5) is 11.5 Å². The first-order valence-electron chi connectivity index (χ1n) is 5.14. The lowest BCUT2D eigenvalue weighted by Gasteiger charge is -2.30. The monoisotopic (exact) mass is 191 g/mol. The first-order valence-corrected chi connectivity index (χ1v) is 5.14. The molecular formula is C11H17N3. The van der Waals surface area contributed by atoms with Crippen molar-refractivity contribution in [1.82, 2.24) is 4.98 Å². The lowest BCUT2D eigenvalue weighted by Crippen LogP contribution is -2.37. The third kappa shape index (κ3) is 1.54. The molecule has 2 heterocycles. The minimum atomic E-state index is 0.483. The summed E-state index contributed by atoms with van der Waals surface area (Å²) in [5.41, 5.74) is 2.41. The van der Waals surface area contributed by atoms with Gasteiger partial charge in [0.05, 0.1) is 5.69 Å². The van der Waals surface area contributed by atoms with Gasteiger partial charge in [-0.3, -0.25) is 0 Å². The van der Waals surface area contributed by atoms with Crippen LogP contribution in [0.2, 0.25) is 0 Å². The number of fused-ring (bicyclic) bond motifs is 1. The van der Waals surface area contributed by atoms with Crippen molar-refractivity contribution in [3.8, 4) is 0 Å². The van der Waals surface area contributed by atoms with E-state index >= 15 is 0 Å². The van der Waals surface area contributed by atoms with E-state index in [4.69, 9.17) is 0 Å². The van der Waals surface area contributed by atoms with E-state index in [9.17, 15) is 0 Å². The van der Waals surface area contributed by atoms with Gasteiger partial charge < -0.3 is 10.6 Å². The number of pyridine rings is 1. The van der Waals surface area contributed by atoms with Crippen molar-refractivity contribution in [3.63, 3.8) is 0 Å². The summed E-state index contributed by atoms with van der Waals surface area (Å²) in [7, 11) is 0. The molecule has 3 nitrogen and oxygen atoms in total. The maximum absolute atomic E-state index is 4.34. The van der Waals surface area contributed by atoms with Crippen LogP contribution < -0.4 is 10.6 Å². The molecule has 0 aliphatic carbocycles. The fourth-order valence-electron chi connectivity index (χ4n) is 1.73. The van der Waals surface area contributed by atoms with Gasteiger partial charge in [-0.15, -0.1) is 0 Å². The Balaban J connectivity index is 2.27. The van der Waals surface area contributed by atoms with Crippen molar-refractivity contribution in [1.29, 1.82) is 0 Å². The molecule has 0 aromatic carbocycles. The molecule has 1 unspecified atom stereocenters. The van der Waals surface area contributed by atoms with Crippen LogP contribution in [-0.2, 0) is 0 Å². The van der Waals surface area contributed by atoms with Crippen molar-refractivity contribution in [2.75, 3.05) is 17.2 Å². The van der Waals surface area contributed by atoms with Gasteiger partial charge in [0, 0.05) is 18.8 Å². The van der Waals surface area contributed by atoms with Gasteiger partial charge in [-0.05, 0) is 24.5 Å². The van der Waals surface area contributed by atoms with Crippen LogP contribution >= 0.6 is 0 Å². The van der Waals surface area contributed by atoms with Gasteiger partial charge in [0.2, 0.25) is 0 Å². The zero-order valence-corrected chi connectivity index (χ0v) is 8.96. The summed E-state index contributed by atoms with van der Waals surface area (Å²) in [6, 6.07) is 2.51. The maximum Gasteiger partial charge on any atom is 0.149 e. The summed E-state index contributed by atoms with van der Waals surface area (Å²) in [6.07, 6.45) is 1.85. The summed E-state index contributed by atoms with van der Waals surface area (Å²) in [6.45, 7) is 7.53. The second-order valence-corrected chi connectivity index (χ2v) is 4.23. The zero-order valence-electron chi connectivity index (χ0n) is 8.96. The van der Waals surface area contributed by atoms with Gasteiger partial charge in [0.1, 0.15) is 5.82 Å². The molecule has 0 bridgehead atoms. The Morgan fingerprint density at radius 2 is 2.29 bits per heavy atom. The molecule has 0 fully saturated rings. The lowest BCUT2D eigenvalue weighted by atomic mass is 10.0. The largest absolute Gasteiger partial charge is 0.380 e. The zero-order chi connectivity index (χ0) is 10.1. The quantitative estimate of drug-likeness (QED) is 0.715. The molecule has 0 radical (unpaired) electrons. The van der Waals surface area contributed by atoms with Crippen LogP contribution in [0.1, 0.15) is 19.4 Å². The van der Waals surface area contributed by atoms with E-state index < -0.39 is 0 Å². The third-order valence-corrected chi connectivity index (χ3v) is 2.78. The number of rotatable bonds is 1. The predicted octanol–water partition coefficient (Wildman–Crippen LogP) is 2.25. The molecular weight excluding hydrogens is 174 g/mol. The summed E-state index contributed by atoms with van der Waals surface area (Å²) in [5.74, 6) is 1.62. The van der Waals surface area contributed by atoms with Crippen molar-refractivity contribution in [3.05, 3.63) is 17.8 Å². The van der Waals surface area contributed by atoms with Crippen LogP contribution in [-0.4, -0.2) is 17.6 Å². The average molecular weight is 191 g/mol. The predicted molar refractivity (Wildman–Crippen MR) is 59.7 cm³/mol. The molecule has 1 aromatic heterocycles. The molecule has 0 amide bonds. The van der Waals surface area contributed by atoms with E-state index in [0.29, 0.717) is 12.0 Å². The fourth-order valence-corrected chi connectivity index (χ4v) is 1.73. The summed E-state index contributed by atoms with van der Waals surface area (Å²) in [4.78, 5) is 4.34. The molecule has 1 aromatic rings. The molecule has 2 rings (SSSR count). The molecule has 0 saturated heterocycles. The minimum absolute atomic E-state index is 0.483. The van der Waals surface area contributed by atoms with Gasteiger partial charge in [0.25, 0.3) is 0 Å². The Labute approximate surface area is 84.9 Å². The Bertz CT molecular complexity index is 333. The Hall–Kier alpha value is -1.25. The third-order valence-electron chi connectivity index (χ3n) is 2.78. The van der Waals surface area contributed by atoms with E-state index in [2.05, 4.69) is 36.4 Å². The Morgan fingerprint density at radius 3 is 3.00 bits per heavy atom. The smallest absolute Gasteiger partial charge is 0.149 e. The molecule has 2 N–H and O–H groups in total. The van der Waals surface area contributed by atoms with Crippen molar-refractivity contribution in [2.24, 2.45) is 5.92 Å². The Morgan fingerprint density at radius 1 is 1.50 bits per heavy atom. The molecule has 1 aliphatic heterocycles. The Kier molecular flexibility index (Phi) is 2.32. The number of aryl methyl sites for hydroxylation is 1. The lowest BCUT2D eigenvalue weighted by molar-refractivity contribution is 0.534. The topological polar surface area (TPSA) is 37.0 Å². The highest BCUT2D eigenvalue weighted by Gasteiger charge is 2.21. The maximum atomic E-state index is 4.34.